The van der Waals surface area contributed by atoms with Gasteiger partial charge in [0.25, 0.3) is 0 Å². The average molecular weight is 131 g/mol. The molecule has 4 heteroatoms. The molecule has 9 heavy (non-hydrogen) atoms. The Morgan fingerprint density at radius 2 is 2.00 bits per heavy atom. The lowest BCUT2D eigenvalue weighted by atomic mass is 10.5. The molecule has 4 nitrogen and oxygen atoms in total. The van der Waals surface area contributed by atoms with Crippen molar-refractivity contribution in [1.82, 2.24) is 4.90 Å². The summed E-state index contributed by atoms with van der Waals surface area (Å²) >= 11 is 0. The Hall–Kier alpha value is -0.870. The third kappa shape index (κ3) is 2.25. The molecule has 0 aromatic rings. The second kappa shape index (κ2) is 4.05. The predicted molar refractivity (Wildman–Crippen MR) is 31.2 cm³/mol. The molecule has 0 radical (unpaired) electrons. The molecular weight excluding hydrogens is 122 g/mol. The molecule has 0 bridgehead atoms. The van der Waals surface area contributed by atoms with Crippen molar-refractivity contribution in [3.05, 3.63) is 12.7 Å². The van der Waals surface area contributed by atoms with Gasteiger partial charge in [-0.3, -0.25) is 9.69 Å². The van der Waals surface area contributed by atoms with Crippen LogP contribution in [0.4, 0.5) is 0 Å². The fraction of sp³-hybridized carbons (Fsp3) is 0.400. The van der Waals surface area contributed by atoms with E-state index in [2.05, 4.69) is 6.58 Å². The fourth-order valence-electron chi connectivity index (χ4n) is 0.313. The van der Waals surface area contributed by atoms with Crippen molar-refractivity contribution in [2.24, 2.45) is 0 Å². The van der Waals surface area contributed by atoms with Gasteiger partial charge in [-0.2, -0.15) is 0 Å². The molecule has 0 aromatic carbocycles. The molecule has 52 valence electrons. The summed E-state index contributed by atoms with van der Waals surface area (Å²) in [5.41, 5.74) is 0. The quantitative estimate of drug-likeness (QED) is 0.377. The Balaban J connectivity index is 3.78. The molecule has 0 heterocycles. The van der Waals surface area contributed by atoms with E-state index < -0.39 is 19.4 Å². The van der Waals surface area contributed by atoms with Gasteiger partial charge in [0.05, 0.1) is 0 Å². The minimum absolute atomic E-state index is 0.485. The van der Waals surface area contributed by atoms with E-state index in [1.165, 1.54) is 0 Å². The first kappa shape index (κ1) is 8.13. The number of aliphatic hydroxyl groups excluding tert-OH is 2. The van der Waals surface area contributed by atoms with Crippen LogP contribution in [0.25, 0.3) is 0 Å². The maximum atomic E-state index is 10.5. The van der Waals surface area contributed by atoms with Gasteiger partial charge in [-0.25, -0.2) is 0 Å². The zero-order valence-corrected chi connectivity index (χ0v) is 4.95. The summed E-state index contributed by atoms with van der Waals surface area (Å²) in [6.45, 7) is 2.19. The second-order valence-corrected chi connectivity index (χ2v) is 1.37. The van der Waals surface area contributed by atoms with Crippen LogP contribution in [0.5, 0.6) is 0 Å². The molecule has 0 saturated heterocycles. The van der Waals surface area contributed by atoms with Gasteiger partial charge in [0, 0.05) is 0 Å². The average Bonchev–Trinajstić information content (AvgIpc) is 1.90. The second-order valence-electron chi connectivity index (χ2n) is 1.37. The first-order valence-electron chi connectivity index (χ1n) is 2.39. The van der Waals surface area contributed by atoms with Crippen LogP contribution in [0.2, 0.25) is 0 Å². The molecule has 0 atom stereocenters. The minimum Gasteiger partial charge on any atom is -0.376 e. The molecular formula is C5H9NO3. The van der Waals surface area contributed by atoms with Crippen molar-refractivity contribution in [1.29, 1.82) is 0 Å². The molecule has 2 N–H and O–H groups in total. The van der Waals surface area contributed by atoms with Crippen LogP contribution in [0, 0.1) is 0 Å². The normalized spacial score (nSPS) is 8.67. The zero-order valence-electron chi connectivity index (χ0n) is 4.95. The van der Waals surface area contributed by atoms with Crippen LogP contribution < -0.4 is 0 Å². The molecule has 0 unspecified atom stereocenters. The fourth-order valence-corrected chi connectivity index (χ4v) is 0.313. The van der Waals surface area contributed by atoms with Gasteiger partial charge >= 0.3 is 0 Å². The van der Waals surface area contributed by atoms with Gasteiger partial charge in [0.1, 0.15) is 13.5 Å². The van der Waals surface area contributed by atoms with E-state index in [0.29, 0.717) is 0 Å². The topological polar surface area (TPSA) is 60.8 Å². The van der Waals surface area contributed by atoms with Crippen molar-refractivity contribution in [2.45, 2.75) is 0 Å². The monoisotopic (exact) mass is 131 g/mol. The minimum atomic E-state index is -0.486. The number of aliphatic hydroxyl groups is 2. The Labute approximate surface area is 53.0 Å². The maximum Gasteiger partial charge on any atom is 0.249 e. The highest BCUT2D eigenvalue weighted by Crippen LogP contribution is 1.84. The number of amides is 1. The molecule has 0 aromatic heterocycles. The van der Waals surface area contributed by atoms with E-state index in [4.69, 9.17) is 10.2 Å². The van der Waals surface area contributed by atoms with E-state index in [0.717, 1.165) is 11.0 Å². The number of rotatable bonds is 3. The van der Waals surface area contributed by atoms with Gasteiger partial charge in [-0.05, 0) is 6.08 Å². The van der Waals surface area contributed by atoms with Gasteiger partial charge in [-0.15, -0.1) is 0 Å². The zero-order chi connectivity index (χ0) is 7.28. The number of carbonyl (C=O) groups excluding carboxylic acids is 1. The molecule has 1 amide bonds. The van der Waals surface area contributed by atoms with Crippen molar-refractivity contribution in [3.63, 3.8) is 0 Å². The van der Waals surface area contributed by atoms with Crippen LogP contribution in [-0.2, 0) is 4.79 Å². The van der Waals surface area contributed by atoms with Crippen LogP contribution in [0.15, 0.2) is 12.7 Å². The lowest BCUT2D eigenvalue weighted by Gasteiger charge is -2.12. The standard InChI is InChI=1S/C5H9NO3/c1-2-5(9)6(3-7)4-8/h2,7-8H,1,3-4H2. The Bertz CT molecular complexity index is 109. The van der Waals surface area contributed by atoms with Gasteiger partial charge in [0.2, 0.25) is 5.91 Å². The summed E-state index contributed by atoms with van der Waals surface area (Å²) in [7, 11) is 0. The summed E-state index contributed by atoms with van der Waals surface area (Å²) in [6, 6.07) is 0. The van der Waals surface area contributed by atoms with Crippen LogP contribution in [-0.4, -0.2) is 34.5 Å². The van der Waals surface area contributed by atoms with Crippen LogP contribution in [0.1, 0.15) is 0 Å². The SMILES string of the molecule is C=CC(=O)N(CO)CO. The summed E-state index contributed by atoms with van der Waals surface area (Å²) in [4.78, 5) is 11.3. The Morgan fingerprint density at radius 1 is 1.56 bits per heavy atom. The lowest BCUT2D eigenvalue weighted by molar-refractivity contribution is -0.133. The summed E-state index contributed by atoms with van der Waals surface area (Å²) in [5, 5.41) is 16.6. The van der Waals surface area contributed by atoms with E-state index in [1.54, 1.807) is 0 Å². The van der Waals surface area contributed by atoms with Gasteiger partial charge in [0.15, 0.2) is 0 Å². The Kier molecular flexibility index (Phi) is 3.66. The lowest BCUT2D eigenvalue weighted by Crippen LogP contribution is -2.30. The van der Waals surface area contributed by atoms with Gasteiger partial charge < -0.3 is 10.2 Å². The number of carbonyl (C=O) groups is 1. The molecule has 0 aliphatic heterocycles. The highest BCUT2D eigenvalue weighted by molar-refractivity contribution is 5.86. The largest absolute Gasteiger partial charge is 0.376 e. The Morgan fingerprint density at radius 3 is 2.11 bits per heavy atom. The highest BCUT2D eigenvalue weighted by Gasteiger charge is 2.04. The number of hydrogen-bond acceptors (Lipinski definition) is 3. The molecule has 0 fully saturated rings. The molecule has 0 aliphatic carbocycles. The van der Waals surface area contributed by atoms with Gasteiger partial charge in [-0.1, -0.05) is 6.58 Å². The third-order valence-electron chi connectivity index (χ3n) is 0.828. The molecule has 0 aliphatic rings. The smallest absolute Gasteiger partial charge is 0.249 e. The summed E-state index contributed by atoms with van der Waals surface area (Å²) in [5.74, 6) is -0.486. The number of hydrogen-bond donors (Lipinski definition) is 2. The predicted octanol–water partition coefficient (Wildman–Crippen LogP) is -1.10. The number of nitrogens with zero attached hydrogens (tertiary/aromatic N) is 1. The van der Waals surface area contributed by atoms with E-state index in [9.17, 15) is 4.79 Å². The van der Waals surface area contributed by atoms with Crippen molar-refractivity contribution in [2.75, 3.05) is 13.5 Å². The molecule has 0 saturated carbocycles. The highest BCUT2D eigenvalue weighted by atomic mass is 16.3. The van der Waals surface area contributed by atoms with Crippen molar-refractivity contribution in [3.8, 4) is 0 Å². The van der Waals surface area contributed by atoms with Crippen molar-refractivity contribution >= 4 is 5.91 Å². The molecule has 0 rings (SSSR count). The summed E-state index contributed by atoms with van der Waals surface area (Å²) < 4.78 is 0. The first-order valence-corrected chi connectivity index (χ1v) is 2.39. The van der Waals surface area contributed by atoms with Crippen molar-refractivity contribution < 1.29 is 15.0 Å². The van der Waals surface area contributed by atoms with Crippen LogP contribution in [0.3, 0.4) is 0 Å². The van der Waals surface area contributed by atoms with E-state index in [1.807, 2.05) is 0 Å². The summed E-state index contributed by atoms with van der Waals surface area (Å²) in [6.07, 6.45) is 1.02. The molecule has 0 spiro atoms. The van der Waals surface area contributed by atoms with E-state index in [-0.39, 0.29) is 0 Å². The third-order valence-corrected chi connectivity index (χ3v) is 0.828. The first-order chi connectivity index (χ1) is 4.26. The maximum absolute atomic E-state index is 10.5. The van der Waals surface area contributed by atoms with E-state index >= 15 is 0 Å². The van der Waals surface area contributed by atoms with Crippen LogP contribution >= 0.6 is 0 Å².